The molecule has 1 aliphatic heterocycles. The van der Waals surface area contributed by atoms with Crippen molar-refractivity contribution in [1.29, 1.82) is 0 Å². The molecule has 1 aliphatic rings. The lowest BCUT2D eigenvalue weighted by atomic mass is 10.2. The fourth-order valence-electron chi connectivity index (χ4n) is 1.81. The van der Waals surface area contributed by atoms with Crippen LogP contribution in [0.5, 0.6) is 0 Å². The standard InChI is InChI=1S/C15H10BrNO2S2/c1-20-15-17-12(14(18)21-15)8-11-6-7-13(19-11)9-2-4-10(16)5-3-9/h2-8H,1H3/b12-8-. The van der Waals surface area contributed by atoms with E-state index in [0.717, 1.165) is 31.9 Å². The summed E-state index contributed by atoms with van der Waals surface area (Å²) in [5, 5.41) is -0.0408. The van der Waals surface area contributed by atoms with Crippen LogP contribution in [0.1, 0.15) is 5.76 Å². The van der Waals surface area contributed by atoms with E-state index in [1.807, 2.05) is 42.7 Å². The summed E-state index contributed by atoms with van der Waals surface area (Å²) in [6.45, 7) is 0. The van der Waals surface area contributed by atoms with Crippen LogP contribution in [-0.2, 0) is 4.79 Å². The Morgan fingerprint density at radius 2 is 2.00 bits per heavy atom. The molecule has 0 saturated heterocycles. The Hall–Kier alpha value is -1.24. The predicted molar refractivity (Wildman–Crippen MR) is 93.4 cm³/mol. The number of furan rings is 1. The highest BCUT2D eigenvalue weighted by atomic mass is 79.9. The van der Waals surface area contributed by atoms with Gasteiger partial charge >= 0.3 is 0 Å². The molecule has 0 aliphatic carbocycles. The van der Waals surface area contributed by atoms with Crippen molar-refractivity contribution in [2.75, 3.05) is 6.26 Å². The van der Waals surface area contributed by atoms with Gasteiger partial charge in [-0.05, 0) is 42.3 Å². The second-order valence-corrected chi connectivity index (χ2v) is 7.14. The highest BCUT2D eigenvalue weighted by molar-refractivity contribution is 9.10. The molecule has 6 heteroatoms. The minimum Gasteiger partial charge on any atom is -0.457 e. The lowest BCUT2D eigenvalue weighted by Crippen LogP contribution is -1.86. The van der Waals surface area contributed by atoms with Crippen molar-refractivity contribution in [2.45, 2.75) is 0 Å². The number of hydrogen-bond acceptors (Lipinski definition) is 5. The third-order valence-electron chi connectivity index (χ3n) is 2.81. The van der Waals surface area contributed by atoms with Crippen molar-refractivity contribution < 1.29 is 9.21 Å². The Morgan fingerprint density at radius 1 is 1.24 bits per heavy atom. The molecule has 0 spiro atoms. The van der Waals surface area contributed by atoms with E-state index < -0.39 is 0 Å². The Labute approximate surface area is 139 Å². The second kappa shape index (κ2) is 6.25. The molecule has 1 aromatic heterocycles. The Balaban J connectivity index is 1.87. The molecule has 2 aromatic rings. The monoisotopic (exact) mass is 379 g/mol. The van der Waals surface area contributed by atoms with Crippen molar-refractivity contribution in [2.24, 2.45) is 4.99 Å². The molecule has 0 bridgehead atoms. The minimum atomic E-state index is -0.0408. The molecule has 106 valence electrons. The first-order chi connectivity index (χ1) is 10.2. The first kappa shape index (κ1) is 14.7. The molecule has 21 heavy (non-hydrogen) atoms. The molecule has 3 nitrogen and oxygen atoms in total. The van der Waals surface area contributed by atoms with Crippen LogP contribution < -0.4 is 0 Å². The van der Waals surface area contributed by atoms with Gasteiger partial charge < -0.3 is 4.42 Å². The SMILES string of the molecule is CSC1=N/C(=C\c2ccc(-c3ccc(Br)cc3)o2)C(=O)S1. The maximum absolute atomic E-state index is 11.8. The van der Waals surface area contributed by atoms with E-state index >= 15 is 0 Å². The summed E-state index contributed by atoms with van der Waals surface area (Å²) in [6, 6.07) is 11.6. The first-order valence-corrected chi connectivity index (χ1v) is 8.91. The average Bonchev–Trinajstić information content (AvgIpc) is 3.08. The van der Waals surface area contributed by atoms with E-state index in [9.17, 15) is 4.79 Å². The summed E-state index contributed by atoms with van der Waals surface area (Å²) >= 11 is 6.03. The van der Waals surface area contributed by atoms with Gasteiger partial charge in [0.05, 0.1) is 0 Å². The van der Waals surface area contributed by atoms with Crippen LogP contribution in [0.4, 0.5) is 0 Å². The van der Waals surface area contributed by atoms with Gasteiger partial charge in [0.2, 0.25) is 5.12 Å². The number of rotatable bonds is 2. The van der Waals surface area contributed by atoms with Gasteiger partial charge in [0.25, 0.3) is 0 Å². The van der Waals surface area contributed by atoms with Crippen LogP contribution in [0, 0.1) is 0 Å². The highest BCUT2D eigenvalue weighted by Crippen LogP contribution is 2.31. The van der Waals surface area contributed by atoms with E-state index in [0.29, 0.717) is 11.5 Å². The molecular weight excluding hydrogens is 370 g/mol. The third kappa shape index (κ3) is 3.33. The van der Waals surface area contributed by atoms with Crippen molar-refractivity contribution in [3.63, 3.8) is 0 Å². The van der Waals surface area contributed by atoms with Gasteiger partial charge in [0, 0.05) is 16.1 Å². The van der Waals surface area contributed by atoms with E-state index in [1.165, 1.54) is 11.8 Å². The Kier molecular flexibility index (Phi) is 4.37. The van der Waals surface area contributed by atoms with Crippen LogP contribution in [0.2, 0.25) is 0 Å². The molecule has 0 atom stereocenters. The first-order valence-electron chi connectivity index (χ1n) is 6.08. The zero-order chi connectivity index (χ0) is 14.8. The van der Waals surface area contributed by atoms with Gasteiger partial charge in [-0.1, -0.05) is 28.1 Å². The van der Waals surface area contributed by atoms with Gasteiger partial charge in [-0.2, -0.15) is 0 Å². The number of hydrogen-bond donors (Lipinski definition) is 0. The Morgan fingerprint density at radius 3 is 2.67 bits per heavy atom. The molecule has 0 amide bonds. The molecule has 0 fully saturated rings. The molecule has 2 heterocycles. The van der Waals surface area contributed by atoms with E-state index in [4.69, 9.17) is 4.42 Å². The average molecular weight is 380 g/mol. The lowest BCUT2D eigenvalue weighted by molar-refractivity contribution is -0.107. The van der Waals surface area contributed by atoms with Gasteiger partial charge in [-0.3, -0.25) is 4.79 Å². The summed E-state index contributed by atoms with van der Waals surface area (Å²) in [5.41, 5.74) is 1.42. The maximum Gasteiger partial charge on any atom is 0.244 e. The van der Waals surface area contributed by atoms with Crippen molar-refractivity contribution in [3.05, 3.63) is 52.3 Å². The highest BCUT2D eigenvalue weighted by Gasteiger charge is 2.21. The number of halogens is 1. The van der Waals surface area contributed by atoms with E-state index in [-0.39, 0.29) is 5.12 Å². The zero-order valence-corrected chi connectivity index (χ0v) is 14.2. The zero-order valence-electron chi connectivity index (χ0n) is 11.0. The van der Waals surface area contributed by atoms with E-state index in [1.54, 1.807) is 6.08 Å². The number of thioether (sulfide) groups is 2. The molecular formula is C15H10BrNO2S2. The summed E-state index contributed by atoms with van der Waals surface area (Å²) in [5.74, 6) is 1.39. The third-order valence-corrected chi connectivity index (χ3v) is 5.19. The van der Waals surface area contributed by atoms with Crippen LogP contribution in [0.3, 0.4) is 0 Å². The van der Waals surface area contributed by atoms with E-state index in [2.05, 4.69) is 20.9 Å². The molecule has 1 aromatic carbocycles. The normalized spacial score (nSPS) is 16.6. The van der Waals surface area contributed by atoms with Crippen molar-refractivity contribution in [1.82, 2.24) is 0 Å². The fourth-order valence-corrected chi connectivity index (χ4v) is 3.34. The van der Waals surface area contributed by atoms with Crippen LogP contribution >= 0.6 is 39.5 Å². The second-order valence-electron chi connectivity index (χ2n) is 4.21. The van der Waals surface area contributed by atoms with Crippen molar-refractivity contribution in [3.8, 4) is 11.3 Å². The summed E-state index contributed by atoms with van der Waals surface area (Å²) in [4.78, 5) is 16.0. The lowest BCUT2D eigenvalue weighted by Gasteiger charge is -1.96. The fraction of sp³-hybridized carbons (Fsp3) is 0.0667. The van der Waals surface area contributed by atoms with Crippen LogP contribution in [-0.4, -0.2) is 15.7 Å². The Bertz CT molecular complexity index is 747. The number of carbonyl (C=O) groups is 1. The predicted octanol–water partition coefficient (Wildman–Crippen LogP) is 5.04. The molecule has 3 rings (SSSR count). The largest absolute Gasteiger partial charge is 0.457 e. The summed E-state index contributed by atoms with van der Waals surface area (Å²) in [7, 11) is 0. The van der Waals surface area contributed by atoms with Gasteiger partial charge in [0.1, 0.15) is 21.6 Å². The van der Waals surface area contributed by atoms with Crippen molar-refractivity contribution >= 4 is 55.0 Å². The molecule has 0 N–H and O–H groups in total. The molecule has 0 radical (unpaired) electrons. The van der Waals surface area contributed by atoms with Gasteiger partial charge in [-0.15, -0.1) is 11.8 Å². The number of aliphatic imine (C=N–C) groups is 1. The summed E-state index contributed by atoms with van der Waals surface area (Å²) < 4.78 is 7.55. The maximum atomic E-state index is 11.8. The number of benzene rings is 1. The molecule has 0 unspecified atom stereocenters. The summed E-state index contributed by atoms with van der Waals surface area (Å²) in [6.07, 6.45) is 3.58. The smallest absolute Gasteiger partial charge is 0.244 e. The van der Waals surface area contributed by atoms with Crippen LogP contribution in [0.15, 0.2) is 56.0 Å². The topological polar surface area (TPSA) is 42.6 Å². The minimum absolute atomic E-state index is 0.0408. The molecule has 0 saturated carbocycles. The number of carbonyl (C=O) groups excluding carboxylic acids is 1. The quantitative estimate of drug-likeness (QED) is 0.685. The number of nitrogens with zero attached hydrogens (tertiary/aromatic N) is 1. The van der Waals surface area contributed by atoms with Gasteiger partial charge in [0.15, 0.2) is 0 Å². The van der Waals surface area contributed by atoms with Crippen LogP contribution in [0.25, 0.3) is 17.4 Å². The van der Waals surface area contributed by atoms with Gasteiger partial charge in [-0.25, -0.2) is 4.99 Å².